The van der Waals surface area contributed by atoms with Crippen molar-refractivity contribution in [2.75, 3.05) is 11.9 Å². The maximum atomic E-state index is 13.1. The fourth-order valence-corrected chi connectivity index (χ4v) is 4.89. The standard InChI is InChI=1S/C20H23FN2O3S/c1-14(2)15-5-3-6-17(13-15)22-20(24)19-7-4-12-23(19)27(25,26)18-10-8-16(21)9-11-18/h3,5-6,8-11,13-14,19H,4,7,12H2,1-2H3,(H,22,24). The van der Waals surface area contributed by atoms with Crippen LogP contribution in [0.2, 0.25) is 0 Å². The summed E-state index contributed by atoms with van der Waals surface area (Å²) in [6.45, 7) is 4.40. The summed E-state index contributed by atoms with van der Waals surface area (Å²) < 4.78 is 40.1. The van der Waals surface area contributed by atoms with Gasteiger partial charge in [-0.25, -0.2) is 12.8 Å². The molecule has 1 aliphatic rings. The zero-order valence-corrected chi connectivity index (χ0v) is 16.2. The van der Waals surface area contributed by atoms with Crippen molar-refractivity contribution in [1.82, 2.24) is 4.31 Å². The highest BCUT2D eigenvalue weighted by molar-refractivity contribution is 7.89. The highest BCUT2D eigenvalue weighted by Crippen LogP contribution is 2.27. The van der Waals surface area contributed by atoms with Crippen LogP contribution in [0.4, 0.5) is 10.1 Å². The molecule has 1 heterocycles. The van der Waals surface area contributed by atoms with Gasteiger partial charge in [0.2, 0.25) is 15.9 Å². The summed E-state index contributed by atoms with van der Waals surface area (Å²) in [4.78, 5) is 12.8. The monoisotopic (exact) mass is 390 g/mol. The first kappa shape index (κ1) is 19.5. The predicted octanol–water partition coefficient (Wildman–Crippen LogP) is 3.74. The molecular formula is C20H23FN2O3S. The average Bonchev–Trinajstić information content (AvgIpc) is 3.13. The van der Waals surface area contributed by atoms with Gasteiger partial charge in [0.1, 0.15) is 11.9 Å². The highest BCUT2D eigenvalue weighted by Gasteiger charge is 2.39. The average molecular weight is 390 g/mol. The van der Waals surface area contributed by atoms with Crippen LogP contribution in [0.25, 0.3) is 0 Å². The van der Waals surface area contributed by atoms with Crippen LogP contribution in [0, 0.1) is 5.82 Å². The van der Waals surface area contributed by atoms with Gasteiger partial charge in [-0.15, -0.1) is 0 Å². The Morgan fingerprint density at radius 1 is 1.19 bits per heavy atom. The number of benzene rings is 2. The van der Waals surface area contributed by atoms with E-state index in [1.807, 2.05) is 18.2 Å². The lowest BCUT2D eigenvalue weighted by Crippen LogP contribution is -2.43. The Labute approximate surface area is 159 Å². The first-order valence-corrected chi connectivity index (χ1v) is 10.4. The second kappa shape index (κ2) is 7.78. The largest absolute Gasteiger partial charge is 0.325 e. The van der Waals surface area contributed by atoms with Gasteiger partial charge >= 0.3 is 0 Å². The van der Waals surface area contributed by atoms with E-state index < -0.39 is 21.9 Å². The molecule has 27 heavy (non-hydrogen) atoms. The Morgan fingerprint density at radius 2 is 1.89 bits per heavy atom. The van der Waals surface area contributed by atoms with Crippen LogP contribution < -0.4 is 5.32 Å². The molecule has 5 nitrogen and oxygen atoms in total. The van der Waals surface area contributed by atoms with E-state index in [-0.39, 0.29) is 17.3 Å². The van der Waals surface area contributed by atoms with E-state index in [4.69, 9.17) is 0 Å². The SMILES string of the molecule is CC(C)c1cccc(NC(=O)C2CCCN2S(=O)(=O)c2ccc(F)cc2)c1. The van der Waals surface area contributed by atoms with E-state index in [1.165, 1.54) is 16.4 Å². The Kier molecular flexibility index (Phi) is 5.62. The van der Waals surface area contributed by atoms with Gasteiger partial charge in [-0.2, -0.15) is 4.31 Å². The zero-order valence-electron chi connectivity index (χ0n) is 15.4. The van der Waals surface area contributed by atoms with Crippen LogP contribution in [0.15, 0.2) is 53.4 Å². The summed E-state index contributed by atoms with van der Waals surface area (Å²) in [6, 6.07) is 11.4. The number of hydrogen-bond donors (Lipinski definition) is 1. The van der Waals surface area contributed by atoms with Crippen molar-refractivity contribution < 1.29 is 17.6 Å². The van der Waals surface area contributed by atoms with E-state index in [1.54, 1.807) is 6.07 Å². The number of rotatable bonds is 5. The number of amides is 1. The third-order valence-electron chi connectivity index (χ3n) is 4.75. The van der Waals surface area contributed by atoms with Gasteiger partial charge in [-0.3, -0.25) is 4.79 Å². The van der Waals surface area contributed by atoms with Crippen LogP contribution in [0.1, 0.15) is 38.2 Å². The minimum Gasteiger partial charge on any atom is -0.325 e. The lowest BCUT2D eigenvalue weighted by molar-refractivity contribution is -0.119. The quantitative estimate of drug-likeness (QED) is 0.846. The van der Waals surface area contributed by atoms with Crippen molar-refractivity contribution in [3.05, 3.63) is 59.9 Å². The van der Waals surface area contributed by atoms with Crippen molar-refractivity contribution >= 4 is 21.6 Å². The van der Waals surface area contributed by atoms with E-state index in [2.05, 4.69) is 19.2 Å². The molecule has 1 amide bonds. The fraction of sp³-hybridized carbons (Fsp3) is 0.350. The zero-order chi connectivity index (χ0) is 19.6. The molecule has 1 atom stereocenters. The van der Waals surface area contributed by atoms with Crippen molar-refractivity contribution in [2.45, 2.75) is 43.5 Å². The highest BCUT2D eigenvalue weighted by atomic mass is 32.2. The second-order valence-electron chi connectivity index (χ2n) is 7.00. The summed E-state index contributed by atoms with van der Waals surface area (Å²) in [5.41, 5.74) is 1.74. The summed E-state index contributed by atoms with van der Waals surface area (Å²) >= 11 is 0. The van der Waals surface area contributed by atoms with Gasteiger partial charge in [0, 0.05) is 12.2 Å². The first-order valence-electron chi connectivity index (χ1n) is 8.97. The molecule has 0 aromatic heterocycles. The number of nitrogens with one attached hydrogen (secondary N) is 1. The molecular weight excluding hydrogens is 367 g/mol. The van der Waals surface area contributed by atoms with Gasteiger partial charge in [0.05, 0.1) is 4.90 Å². The number of carbonyl (C=O) groups excluding carboxylic acids is 1. The molecule has 1 aliphatic heterocycles. The van der Waals surface area contributed by atoms with Crippen molar-refractivity contribution in [3.8, 4) is 0 Å². The Hall–Kier alpha value is -2.25. The molecule has 1 N–H and O–H groups in total. The molecule has 7 heteroatoms. The van der Waals surface area contributed by atoms with Crippen LogP contribution in [0.5, 0.6) is 0 Å². The number of hydrogen-bond acceptors (Lipinski definition) is 3. The van der Waals surface area contributed by atoms with Crippen molar-refractivity contribution in [3.63, 3.8) is 0 Å². The van der Waals surface area contributed by atoms with E-state index in [0.717, 1.165) is 17.7 Å². The molecule has 0 bridgehead atoms. The molecule has 0 saturated carbocycles. The first-order chi connectivity index (χ1) is 12.8. The number of nitrogens with zero attached hydrogens (tertiary/aromatic N) is 1. The molecule has 1 saturated heterocycles. The lowest BCUT2D eigenvalue weighted by Gasteiger charge is -2.23. The van der Waals surface area contributed by atoms with Crippen LogP contribution in [-0.2, 0) is 14.8 Å². The summed E-state index contributed by atoms with van der Waals surface area (Å²) in [5, 5.41) is 2.84. The summed E-state index contributed by atoms with van der Waals surface area (Å²) in [7, 11) is -3.86. The van der Waals surface area contributed by atoms with Gasteiger partial charge in [-0.1, -0.05) is 26.0 Å². The molecule has 2 aromatic rings. The fourth-order valence-electron chi connectivity index (χ4n) is 3.23. The molecule has 1 unspecified atom stereocenters. The Balaban J connectivity index is 1.80. The Bertz CT molecular complexity index is 926. The van der Waals surface area contributed by atoms with Crippen molar-refractivity contribution in [1.29, 1.82) is 0 Å². The number of sulfonamides is 1. The van der Waals surface area contributed by atoms with E-state index in [0.29, 0.717) is 24.4 Å². The third-order valence-corrected chi connectivity index (χ3v) is 6.67. The molecule has 144 valence electrons. The van der Waals surface area contributed by atoms with Gasteiger partial charge in [0.25, 0.3) is 0 Å². The number of anilines is 1. The predicted molar refractivity (Wildman–Crippen MR) is 102 cm³/mol. The van der Waals surface area contributed by atoms with Gasteiger partial charge < -0.3 is 5.32 Å². The van der Waals surface area contributed by atoms with Gasteiger partial charge in [0.15, 0.2) is 0 Å². The maximum absolute atomic E-state index is 13.1. The molecule has 0 radical (unpaired) electrons. The van der Waals surface area contributed by atoms with Crippen molar-refractivity contribution in [2.24, 2.45) is 0 Å². The maximum Gasteiger partial charge on any atom is 0.243 e. The Morgan fingerprint density at radius 3 is 2.56 bits per heavy atom. The van der Waals surface area contributed by atoms with Crippen LogP contribution in [0.3, 0.4) is 0 Å². The smallest absolute Gasteiger partial charge is 0.243 e. The summed E-state index contributed by atoms with van der Waals surface area (Å²) in [6.07, 6.45) is 1.06. The minimum absolute atomic E-state index is 0.00888. The summed E-state index contributed by atoms with van der Waals surface area (Å²) in [5.74, 6) is -0.530. The molecule has 0 spiro atoms. The van der Waals surface area contributed by atoms with Crippen LogP contribution in [-0.4, -0.2) is 31.2 Å². The molecule has 2 aromatic carbocycles. The molecule has 1 fully saturated rings. The topological polar surface area (TPSA) is 66.5 Å². The van der Waals surface area contributed by atoms with E-state index in [9.17, 15) is 17.6 Å². The van der Waals surface area contributed by atoms with Gasteiger partial charge in [-0.05, 0) is 60.7 Å². The third kappa shape index (κ3) is 4.20. The second-order valence-corrected chi connectivity index (χ2v) is 8.89. The number of halogens is 1. The minimum atomic E-state index is -3.86. The molecule has 0 aliphatic carbocycles. The molecule has 3 rings (SSSR count). The lowest BCUT2D eigenvalue weighted by atomic mass is 10.0. The number of carbonyl (C=O) groups is 1. The van der Waals surface area contributed by atoms with Crippen LogP contribution >= 0.6 is 0 Å². The normalized spacial score (nSPS) is 18.0. The van der Waals surface area contributed by atoms with E-state index >= 15 is 0 Å².